The number of amides is 1. The molecule has 0 bridgehead atoms. The molecular weight excluding hydrogens is 373 g/mol. The Balaban J connectivity index is 1.51. The molecule has 1 N–H and O–H groups in total. The Hall–Kier alpha value is -3.28. The molecule has 0 fully saturated rings. The minimum Gasteiger partial charge on any atom is -0.493 e. The van der Waals surface area contributed by atoms with Gasteiger partial charge in [0.25, 0.3) is 0 Å². The Bertz CT molecular complexity index is 967. The van der Waals surface area contributed by atoms with E-state index in [-0.39, 0.29) is 18.1 Å². The summed E-state index contributed by atoms with van der Waals surface area (Å²) in [5.41, 5.74) is 1.33. The molecule has 0 saturated carbocycles. The molecule has 0 spiro atoms. The summed E-state index contributed by atoms with van der Waals surface area (Å²) < 4.78 is 30.3. The van der Waals surface area contributed by atoms with Crippen LogP contribution in [0, 0.1) is 5.82 Å². The van der Waals surface area contributed by atoms with Crippen molar-refractivity contribution in [2.45, 2.75) is 26.3 Å². The summed E-state index contributed by atoms with van der Waals surface area (Å²) in [6.07, 6.45) is 0.714. The van der Waals surface area contributed by atoms with Crippen LogP contribution in [0.1, 0.15) is 24.7 Å². The van der Waals surface area contributed by atoms with E-state index in [0.29, 0.717) is 48.2 Å². The van der Waals surface area contributed by atoms with Gasteiger partial charge in [0.1, 0.15) is 17.3 Å². The average Bonchev–Trinajstić information content (AvgIpc) is 3.20. The van der Waals surface area contributed by atoms with E-state index in [9.17, 15) is 9.18 Å². The molecule has 0 atom stereocenters. The third-order valence-corrected chi connectivity index (χ3v) is 4.42. The Morgan fingerprint density at radius 2 is 1.93 bits per heavy atom. The third kappa shape index (κ3) is 5.38. The molecule has 0 aliphatic rings. The minimum atomic E-state index is -0.336. The zero-order chi connectivity index (χ0) is 20.6. The number of methoxy groups -OCH3 is 1. The van der Waals surface area contributed by atoms with Crippen molar-refractivity contribution in [3.05, 3.63) is 71.7 Å². The lowest BCUT2D eigenvalue weighted by atomic mass is 10.1. The van der Waals surface area contributed by atoms with Crippen molar-refractivity contribution in [1.29, 1.82) is 0 Å². The van der Waals surface area contributed by atoms with Crippen molar-refractivity contribution < 1.29 is 23.1 Å². The van der Waals surface area contributed by atoms with Crippen molar-refractivity contribution >= 4 is 5.91 Å². The lowest BCUT2D eigenvalue weighted by Crippen LogP contribution is -2.22. The van der Waals surface area contributed by atoms with Gasteiger partial charge >= 0.3 is 0 Å². The van der Waals surface area contributed by atoms with Crippen LogP contribution in [0.5, 0.6) is 11.5 Å². The fourth-order valence-corrected chi connectivity index (χ4v) is 2.94. The predicted octanol–water partition coefficient (Wildman–Crippen LogP) is 4.74. The van der Waals surface area contributed by atoms with Crippen LogP contribution >= 0.6 is 0 Å². The largest absolute Gasteiger partial charge is 0.493 e. The number of hydrogen-bond donors (Lipinski definition) is 1. The molecule has 0 aliphatic carbocycles. The standard InChI is InChI=1S/C23H24FNO4/c1-3-28-21-11-8-16(14-22(21)27-2)15-25-23(26)13-10-17-9-12-20(29-17)18-6-4-5-7-19(18)24/h4-9,11-12,14H,3,10,13,15H2,1-2H3,(H,25,26). The highest BCUT2D eigenvalue weighted by molar-refractivity contribution is 5.76. The van der Waals surface area contributed by atoms with E-state index in [1.807, 2.05) is 25.1 Å². The van der Waals surface area contributed by atoms with Crippen LogP contribution in [0.25, 0.3) is 11.3 Å². The van der Waals surface area contributed by atoms with E-state index in [1.54, 1.807) is 37.4 Å². The van der Waals surface area contributed by atoms with Gasteiger partial charge in [0.05, 0.1) is 19.3 Å². The first kappa shape index (κ1) is 20.5. The van der Waals surface area contributed by atoms with Gasteiger partial charge in [0.2, 0.25) is 5.91 Å². The van der Waals surface area contributed by atoms with E-state index in [1.165, 1.54) is 6.07 Å². The van der Waals surface area contributed by atoms with Crippen LogP contribution in [0.4, 0.5) is 4.39 Å². The second-order valence-corrected chi connectivity index (χ2v) is 6.44. The smallest absolute Gasteiger partial charge is 0.220 e. The number of aryl methyl sites for hydroxylation is 1. The van der Waals surface area contributed by atoms with E-state index in [0.717, 1.165) is 5.56 Å². The Morgan fingerprint density at radius 3 is 2.69 bits per heavy atom. The SMILES string of the molecule is CCOc1ccc(CNC(=O)CCc2ccc(-c3ccccc3F)o2)cc1OC. The van der Waals surface area contributed by atoms with Crippen molar-refractivity contribution in [2.75, 3.05) is 13.7 Å². The maximum absolute atomic E-state index is 13.8. The third-order valence-electron chi connectivity index (χ3n) is 4.42. The van der Waals surface area contributed by atoms with Gasteiger partial charge < -0.3 is 19.2 Å². The minimum absolute atomic E-state index is 0.0957. The van der Waals surface area contributed by atoms with Gasteiger partial charge in [-0.15, -0.1) is 0 Å². The first-order valence-corrected chi connectivity index (χ1v) is 9.50. The number of hydrogen-bond acceptors (Lipinski definition) is 4. The number of benzene rings is 2. The molecular formula is C23H24FNO4. The molecule has 0 saturated heterocycles. The molecule has 1 aromatic heterocycles. The molecule has 3 aromatic rings. The fraction of sp³-hybridized carbons (Fsp3) is 0.261. The summed E-state index contributed by atoms with van der Waals surface area (Å²) in [5.74, 6) is 1.98. The second-order valence-electron chi connectivity index (χ2n) is 6.44. The Kier molecular flexibility index (Phi) is 6.89. The second kappa shape index (κ2) is 9.78. The van der Waals surface area contributed by atoms with Crippen LogP contribution < -0.4 is 14.8 Å². The van der Waals surface area contributed by atoms with E-state index < -0.39 is 0 Å². The lowest BCUT2D eigenvalue weighted by molar-refractivity contribution is -0.121. The van der Waals surface area contributed by atoms with Crippen LogP contribution in [0.15, 0.2) is 59.0 Å². The Labute approximate surface area is 169 Å². The quantitative estimate of drug-likeness (QED) is 0.566. The summed E-state index contributed by atoms with van der Waals surface area (Å²) in [6.45, 7) is 2.85. The number of furan rings is 1. The number of rotatable bonds is 9. The van der Waals surface area contributed by atoms with Crippen LogP contribution in [-0.2, 0) is 17.8 Å². The molecule has 1 amide bonds. The first-order chi connectivity index (χ1) is 14.1. The summed E-state index contributed by atoms with van der Waals surface area (Å²) in [4.78, 5) is 12.2. The molecule has 29 heavy (non-hydrogen) atoms. The lowest BCUT2D eigenvalue weighted by Gasteiger charge is -2.11. The van der Waals surface area contributed by atoms with Gasteiger partial charge in [-0.05, 0) is 48.9 Å². The van der Waals surface area contributed by atoms with Crippen molar-refractivity contribution in [2.24, 2.45) is 0 Å². The first-order valence-electron chi connectivity index (χ1n) is 9.50. The molecule has 152 valence electrons. The van der Waals surface area contributed by atoms with Crippen LogP contribution in [0.2, 0.25) is 0 Å². The average molecular weight is 397 g/mol. The maximum atomic E-state index is 13.8. The highest BCUT2D eigenvalue weighted by Crippen LogP contribution is 2.28. The van der Waals surface area contributed by atoms with Gasteiger partial charge in [-0.1, -0.05) is 18.2 Å². The molecule has 5 nitrogen and oxygen atoms in total. The van der Waals surface area contributed by atoms with Crippen molar-refractivity contribution in [3.8, 4) is 22.8 Å². The molecule has 1 heterocycles. The van der Waals surface area contributed by atoms with Crippen LogP contribution in [-0.4, -0.2) is 19.6 Å². The van der Waals surface area contributed by atoms with Crippen molar-refractivity contribution in [1.82, 2.24) is 5.32 Å². The van der Waals surface area contributed by atoms with E-state index in [2.05, 4.69) is 5.32 Å². The number of nitrogens with one attached hydrogen (secondary N) is 1. The van der Waals surface area contributed by atoms with Gasteiger partial charge in [0, 0.05) is 19.4 Å². The van der Waals surface area contributed by atoms with E-state index >= 15 is 0 Å². The molecule has 0 unspecified atom stereocenters. The summed E-state index contributed by atoms with van der Waals surface area (Å²) in [6, 6.07) is 15.5. The topological polar surface area (TPSA) is 60.7 Å². The predicted molar refractivity (Wildman–Crippen MR) is 108 cm³/mol. The zero-order valence-corrected chi connectivity index (χ0v) is 16.5. The maximum Gasteiger partial charge on any atom is 0.220 e. The monoisotopic (exact) mass is 397 g/mol. The molecule has 2 aromatic carbocycles. The zero-order valence-electron chi connectivity index (χ0n) is 16.5. The highest BCUT2D eigenvalue weighted by atomic mass is 19.1. The van der Waals surface area contributed by atoms with Gasteiger partial charge in [-0.25, -0.2) is 4.39 Å². The van der Waals surface area contributed by atoms with Crippen molar-refractivity contribution in [3.63, 3.8) is 0 Å². The summed E-state index contributed by atoms with van der Waals surface area (Å²) >= 11 is 0. The number of carbonyl (C=O) groups is 1. The van der Waals surface area contributed by atoms with Gasteiger partial charge in [-0.2, -0.15) is 0 Å². The number of ether oxygens (including phenoxy) is 2. The molecule has 6 heteroatoms. The number of carbonyl (C=O) groups excluding carboxylic acids is 1. The van der Waals surface area contributed by atoms with Gasteiger partial charge in [0.15, 0.2) is 11.5 Å². The van der Waals surface area contributed by atoms with E-state index in [4.69, 9.17) is 13.9 Å². The highest BCUT2D eigenvalue weighted by Gasteiger charge is 2.11. The normalized spacial score (nSPS) is 10.6. The summed E-state index contributed by atoms with van der Waals surface area (Å²) in [7, 11) is 1.58. The number of halogens is 1. The molecule has 0 radical (unpaired) electrons. The van der Waals surface area contributed by atoms with Gasteiger partial charge in [-0.3, -0.25) is 4.79 Å². The molecule has 0 aliphatic heterocycles. The summed E-state index contributed by atoms with van der Waals surface area (Å²) in [5, 5.41) is 2.88. The van der Waals surface area contributed by atoms with Crippen LogP contribution in [0.3, 0.4) is 0 Å². The molecule has 3 rings (SSSR count). The Morgan fingerprint density at radius 1 is 1.10 bits per heavy atom. The fourth-order valence-electron chi connectivity index (χ4n) is 2.94.